The molecular weight excluding hydrogens is 487 g/mol. The number of unbranched alkanes of at least 4 members (excludes halogenated alkanes) is 9. The Morgan fingerprint density at radius 3 is 1.93 bits per heavy atom. The molecular formula is C26H38IO3+. The Labute approximate surface area is 194 Å². The predicted molar refractivity (Wildman–Crippen MR) is 120 cm³/mol. The van der Waals surface area contributed by atoms with Gasteiger partial charge in [0.25, 0.3) is 0 Å². The molecule has 0 aromatic heterocycles. The van der Waals surface area contributed by atoms with Gasteiger partial charge in [0.15, 0.2) is 5.75 Å². The Kier molecular flexibility index (Phi) is 13.7. The van der Waals surface area contributed by atoms with Crippen molar-refractivity contribution in [2.24, 2.45) is 0 Å². The van der Waals surface area contributed by atoms with Gasteiger partial charge in [0.05, 0.1) is 6.10 Å². The van der Waals surface area contributed by atoms with Gasteiger partial charge in [0.1, 0.15) is 12.4 Å². The normalized spacial score (nSPS) is 11.9. The molecule has 1 unspecified atom stereocenters. The van der Waals surface area contributed by atoms with Crippen LogP contribution in [0.1, 0.15) is 77.6 Å². The molecule has 0 radical (unpaired) electrons. The third kappa shape index (κ3) is 11.8. The number of halogens is 1. The molecule has 2 aromatic carbocycles. The van der Waals surface area contributed by atoms with Crippen molar-refractivity contribution < 1.29 is 34.5 Å². The summed E-state index contributed by atoms with van der Waals surface area (Å²) in [6, 6.07) is 18.0. The van der Waals surface area contributed by atoms with E-state index in [0.717, 1.165) is 24.3 Å². The van der Waals surface area contributed by atoms with Gasteiger partial charge < -0.3 is 9.84 Å². The Balaban J connectivity index is 1.49. The molecule has 0 amide bonds. The van der Waals surface area contributed by atoms with Crippen molar-refractivity contribution in [2.75, 3.05) is 6.61 Å². The average Bonchev–Trinajstić information content (AvgIpc) is 2.79. The Bertz CT molecular complexity index is 645. The molecule has 30 heavy (non-hydrogen) atoms. The van der Waals surface area contributed by atoms with Crippen LogP contribution in [0.3, 0.4) is 0 Å². The van der Waals surface area contributed by atoms with Crippen LogP contribution in [0.4, 0.5) is 0 Å². The number of aliphatic hydroxyl groups is 1. The molecule has 4 heteroatoms. The van der Waals surface area contributed by atoms with E-state index in [1.54, 1.807) is 0 Å². The summed E-state index contributed by atoms with van der Waals surface area (Å²) in [6.45, 7) is 2.62. The fourth-order valence-corrected chi connectivity index (χ4v) is 4.80. The molecule has 0 aliphatic rings. The highest BCUT2D eigenvalue weighted by Gasteiger charge is 2.15. The zero-order valence-electron chi connectivity index (χ0n) is 18.4. The van der Waals surface area contributed by atoms with Gasteiger partial charge in [-0.2, -0.15) is 0 Å². The minimum absolute atomic E-state index is 0.356. The van der Waals surface area contributed by atoms with Crippen molar-refractivity contribution in [1.29, 1.82) is 0 Å². The molecule has 0 aliphatic carbocycles. The van der Waals surface area contributed by atoms with Crippen LogP contribution in [-0.4, -0.2) is 17.8 Å². The maximum absolute atomic E-state index is 10.2. The quantitative estimate of drug-likeness (QED) is 0.251. The van der Waals surface area contributed by atoms with Gasteiger partial charge in [0, 0.05) is 0 Å². The van der Waals surface area contributed by atoms with Crippen LogP contribution in [-0.2, 0) is 0 Å². The monoisotopic (exact) mass is 525 g/mol. The van der Waals surface area contributed by atoms with Crippen LogP contribution in [0.2, 0.25) is 0 Å². The number of hydrogen-bond donors (Lipinski definition) is 1. The summed E-state index contributed by atoms with van der Waals surface area (Å²) in [7, 11) is 0. The van der Waals surface area contributed by atoms with E-state index in [1.165, 1.54) is 61.4 Å². The van der Waals surface area contributed by atoms with Gasteiger partial charge >= 0.3 is 21.6 Å². The molecule has 1 atom stereocenters. The highest BCUT2D eigenvalue weighted by molar-refractivity contribution is 5.30. The number of benzene rings is 2. The fraction of sp³-hybridized carbons (Fsp3) is 0.538. The molecule has 3 nitrogen and oxygen atoms in total. The fourth-order valence-electron chi connectivity index (χ4n) is 3.29. The standard InChI is InChI=1S/C26H38IO3/c1-2-3-4-5-6-7-8-9-10-14-17-24(28)22-29-25-18-20-26(21-19-25)30-27-23-15-12-11-13-16-23/h11-13,15-16,18-21,24,28H,2-10,14,17,22H2,1H3/q+1. The lowest BCUT2D eigenvalue weighted by atomic mass is 10.0. The third-order valence-electron chi connectivity index (χ3n) is 5.11. The summed E-state index contributed by atoms with van der Waals surface area (Å²) in [6.07, 6.45) is 13.6. The summed E-state index contributed by atoms with van der Waals surface area (Å²) >= 11 is -0.479. The maximum atomic E-state index is 10.2. The third-order valence-corrected chi connectivity index (χ3v) is 7.06. The van der Waals surface area contributed by atoms with Crippen molar-refractivity contribution in [3.63, 3.8) is 0 Å². The van der Waals surface area contributed by atoms with Crippen molar-refractivity contribution in [1.82, 2.24) is 0 Å². The second-order valence-electron chi connectivity index (χ2n) is 7.86. The molecule has 0 saturated heterocycles. The summed E-state index contributed by atoms with van der Waals surface area (Å²) < 4.78 is 12.9. The predicted octanol–water partition coefficient (Wildman–Crippen LogP) is 3.99. The first kappa shape index (κ1) is 25.0. The van der Waals surface area contributed by atoms with Crippen molar-refractivity contribution in [2.45, 2.75) is 83.7 Å². The van der Waals surface area contributed by atoms with Crippen molar-refractivity contribution >= 4 is 0 Å². The average molecular weight is 525 g/mol. The minimum atomic E-state index is -0.479. The first-order valence-corrected chi connectivity index (χ1v) is 13.5. The van der Waals surface area contributed by atoms with Gasteiger partial charge in [-0.1, -0.05) is 89.3 Å². The highest BCUT2D eigenvalue weighted by Crippen LogP contribution is 2.17. The van der Waals surface area contributed by atoms with Gasteiger partial charge in [-0.3, -0.25) is 0 Å². The molecule has 1 N–H and O–H groups in total. The molecule has 2 aromatic rings. The molecule has 0 spiro atoms. The van der Waals surface area contributed by atoms with E-state index in [4.69, 9.17) is 7.80 Å². The Morgan fingerprint density at radius 2 is 1.30 bits per heavy atom. The van der Waals surface area contributed by atoms with E-state index < -0.39 is 21.6 Å². The summed E-state index contributed by atoms with van der Waals surface area (Å²) in [4.78, 5) is 0. The van der Waals surface area contributed by atoms with Gasteiger partial charge in [-0.15, -0.1) is 0 Å². The lowest BCUT2D eigenvalue weighted by Crippen LogP contribution is -3.64. The number of aliphatic hydroxyl groups excluding tert-OH is 1. The smallest absolute Gasteiger partial charge is 0.491 e. The van der Waals surface area contributed by atoms with Crippen LogP contribution in [0, 0.1) is 3.57 Å². The van der Waals surface area contributed by atoms with Gasteiger partial charge in [0.2, 0.25) is 3.57 Å². The van der Waals surface area contributed by atoms with Crippen molar-refractivity contribution in [3.8, 4) is 11.5 Å². The Morgan fingerprint density at radius 1 is 0.733 bits per heavy atom. The number of rotatable bonds is 17. The molecule has 0 bridgehead atoms. The summed E-state index contributed by atoms with van der Waals surface area (Å²) in [5.74, 6) is 1.65. The van der Waals surface area contributed by atoms with E-state index >= 15 is 0 Å². The molecule has 0 heterocycles. The molecule has 166 valence electrons. The highest BCUT2D eigenvalue weighted by atomic mass is 127. The van der Waals surface area contributed by atoms with Gasteiger partial charge in [-0.05, 0) is 42.8 Å². The van der Waals surface area contributed by atoms with E-state index in [2.05, 4.69) is 19.1 Å². The van der Waals surface area contributed by atoms with Crippen LogP contribution in [0.15, 0.2) is 54.6 Å². The zero-order chi connectivity index (χ0) is 21.3. The second-order valence-corrected chi connectivity index (χ2v) is 9.98. The van der Waals surface area contributed by atoms with Crippen LogP contribution < -0.4 is 29.4 Å². The summed E-state index contributed by atoms with van der Waals surface area (Å²) in [5.41, 5.74) is 0. The van der Waals surface area contributed by atoms with Gasteiger partial charge in [-0.25, -0.2) is 3.07 Å². The topological polar surface area (TPSA) is 38.7 Å². The second kappa shape index (κ2) is 16.4. The molecule has 0 saturated carbocycles. The van der Waals surface area contributed by atoms with E-state index in [-0.39, 0.29) is 6.10 Å². The van der Waals surface area contributed by atoms with Crippen molar-refractivity contribution in [3.05, 3.63) is 58.2 Å². The van der Waals surface area contributed by atoms with E-state index in [0.29, 0.717) is 6.61 Å². The first-order valence-electron chi connectivity index (χ1n) is 11.6. The zero-order valence-corrected chi connectivity index (χ0v) is 20.6. The maximum Gasteiger partial charge on any atom is 0.580 e. The Hall–Kier alpha value is -1.27. The minimum Gasteiger partial charge on any atom is -0.491 e. The molecule has 0 fully saturated rings. The largest absolute Gasteiger partial charge is 0.580 e. The SMILES string of the molecule is CCCCCCCCCCCCC(O)COc1ccc(O[I+]c2ccccc2)cc1. The van der Waals surface area contributed by atoms with E-state index in [9.17, 15) is 5.11 Å². The van der Waals surface area contributed by atoms with Crippen LogP contribution in [0.5, 0.6) is 11.5 Å². The number of ether oxygens (including phenoxy) is 1. The van der Waals surface area contributed by atoms with E-state index in [1.807, 2.05) is 42.5 Å². The van der Waals surface area contributed by atoms with Crippen LogP contribution >= 0.6 is 0 Å². The lowest BCUT2D eigenvalue weighted by molar-refractivity contribution is -0.836. The molecule has 0 aliphatic heterocycles. The van der Waals surface area contributed by atoms with Crippen LogP contribution in [0.25, 0.3) is 0 Å². The first-order chi connectivity index (χ1) is 14.8. The summed E-state index contributed by atoms with van der Waals surface area (Å²) in [5, 5.41) is 10.2. The lowest BCUT2D eigenvalue weighted by Gasteiger charge is -2.12. The molecule has 2 rings (SSSR count). The number of hydrogen-bond acceptors (Lipinski definition) is 3.